The fraction of sp³-hybridized carbons (Fsp3) is 0.524. The molecule has 1 aromatic heterocycles. The van der Waals surface area contributed by atoms with Crippen molar-refractivity contribution in [1.29, 1.82) is 0 Å². The van der Waals surface area contributed by atoms with Crippen molar-refractivity contribution in [3.05, 3.63) is 36.0 Å². The molecule has 0 aliphatic carbocycles. The van der Waals surface area contributed by atoms with Crippen LogP contribution in [0, 0.1) is 0 Å². The van der Waals surface area contributed by atoms with Gasteiger partial charge < -0.3 is 25.7 Å². The number of alkyl carbamates (subject to hydrolysis) is 1. The third-order valence-corrected chi connectivity index (χ3v) is 3.87. The Kier molecular flexibility index (Phi) is 9.25. The lowest BCUT2D eigenvalue weighted by Gasteiger charge is -2.29. The second kappa shape index (κ2) is 10.7. The van der Waals surface area contributed by atoms with Gasteiger partial charge in [0.25, 0.3) is 0 Å². The number of fused-ring (bicyclic) bond motifs is 1. The predicted octanol–water partition coefficient (Wildman–Crippen LogP) is 4.14. The minimum Gasteiger partial charge on any atom is -0.444 e. The minimum atomic E-state index is -0.524. The van der Waals surface area contributed by atoms with Crippen LogP contribution in [0.2, 0.25) is 0 Å². The van der Waals surface area contributed by atoms with Gasteiger partial charge in [0, 0.05) is 24.3 Å². The molecule has 0 atom stereocenters. The van der Waals surface area contributed by atoms with Gasteiger partial charge in [-0.2, -0.15) is 0 Å². The summed E-state index contributed by atoms with van der Waals surface area (Å²) < 4.78 is 5.33. The zero-order chi connectivity index (χ0) is 20.8. The van der Waals surface area contributed by atoms with Gasteiger partial charge >= 0.3 is 6.09 Å². The normalized spacial score (nSPS) is 12.3. The van der Waals surface area contributed by atoms with E-state index in [1.807, 2.05) is 53.7 Å². The van der Waals surface area contributed by atoms with Gasteiger partial charge in [0.05, 0.1) is 12.1 Å². The summed E-state index contributed by atoms with van der Waals surface area (Å²) >= 11 is 0. The number of benzene rings is 1. The predicted molar refractivity (Wildman–Crippen MR) is 130 cm³/mol. The largest absolute Gasteiger partial charge is 0.444 e. The van der Waals surface area contributed by atoms with Crippen LogP contribution < -0.4 is 16.0 Å². The number of nitrogens with one attached hydrogen (secondary N) is 4. The number of hydrogen-bond donors (Lipinski definition) is 4. The number of amides is 1. The molecular formula is C21H34IN5O2. The first-order valence-corrected chi connectivity index (χ1v) is 9.68. The van der Waals surface area contributed by atoms with Gasteiger partial charge in [-0.15, -0.1) is 24.0 Å². The summed E-state index contributed by atoms with van der Waals surface area (Å²) in [4.78, 5) is 20.0. The number of rotatable bonds is 6. The quantitative estimate of drug-likeness (QED) is 0.265. The number of nitrogens with zero attached hydrogens (tertiary/aromatic N) is 1. The number of aromatic nitrogens is 1. The molecule has 4 N–H and O–H groups in total. The van der Waals surface area contributed by atoms with Crippen LogP contribution in [-0.4, -0.2) is 41.3 Å². The minimum absolute atomic E-state index is 0. The van der Waals surface area contributed by atoms with Crippen molar-refractivity contribution in [3.8, 4) is 0 Å². The zero-order valence-electron chi connectivity index (χ0n) is 18.2. The molecule has 2 rings (SSSR count). The first-order valence-electron chi connectivity index (χ1n) is 9.68. The van der Waals surface area contributed by atoms with Gasteiger partial charge in [-0.05, 0) is 59.1 Å². The van der Waals surface area contributed by atoms with E-state index >= 15 is 0 Å². The summed E-state index contributed by atoms with van der Waals surface area (Å²) in [6.07, 6.45) is -0.431. The highest BCUT2D eigenvalue weighted by atomic mass is 127. The second-order valence-corrected chi connectivity index (χ2v) is 8.44. The lowest BCUT2D eigenvalue weighted by molar-refractivity contribution is 0.0474. The van der Waals surface area contributed by atoms with E-state index in [2.05, 4.69) is 44.1 Å². The van der Waals surface area contributed by atoms with Crippen LogP contribution in [0.4, 0.5) is 4.79 Å². The molecule has 0 saturated carbocycles. The molecule has 0 unspecified atom stereocenters. The van der Waals surface area contributed by atoms with Gasteiger partial charge in [0.2, 0.25) is 0 Å². The molecule has 162 valence electrons. The van der Waals surface area contributed by atoms with Gasteiger partial charge in [-0.1, -0.05) is 18.2 Å². The average molecular weight is 515 g/mol. The van der Waals surface area contributed by atoms with Gasteiger partial charge in [-0.25, -0.2) is 9.79 Å². The maximum absolute atomic E-state index is 12.0. The van der Waals surface area contributed by atoms with Gasteiger partial charge in [0.1, 0.15) is 5.60 Å². The summed E-state index contributed by atoms with van der Waals surface area (Å²) in [7, 11) is 0. The summed E-state index contributed by atoms with van der Waals surface area (Å²) in [5, 5.41) is 10.6. The molecule has 1 heterocycles. The molecule has 1 amide bonds. The number of H-pyrrole nitrogens is 1. The molecule has 7 nitrogen and oxygen atoms in total. The zero-order valence-corrected chi connectivity index (χ0v) is 20.5. The third-order valence-electron chi connectivity index (χ3n) is 3.87. The van der Waals surface area contributed by atoms with Crippen LogP contribution in [0.25, 0.3) is 10.9 Å². The molecule has 0 saturated heterocycles. The Morgan fingerprint density at radius 2 is 1.83 bits per heavy atom. The fourth-order valence-electron chi connectivity index (χ4n) is 2.65. The van der Waals surface area contributed by atoms with Crippen molar-refractivity contribution in [2.24, 2.45) is 4.99 Å². The van der Waals surface area contributed by atoms with E-state index in [9.17, 15) is 4.79 Å². The third kappa shape index (κ3) is 8.93. The van der Waals surface area contributed by atoms with E-state index in [1.54, 1.807) is 0 Å². The smallest absolute Gasteiger partial charge is 0.408 e. The molecular weight excluding hydrogens is 481 g/mol. The molecule has 2 aromatic rings. The van der Waals surface area contributed by atoms with Crippen molar-refractivity contribution in [1.82, 2.24) is 20.9 Å². The van der Waals surface area contributed by atoms with Crippen molar-refractivity contribution < 1.29 is 9.53 Å². The fourth-order valence-corrected chi connectivity index (χ4v) is 2.65. The van der Waals surface area contributed by atoms with Crippen molar-refractivity contribution in [2.45, 2.75) is 59.2 Å². The second-order valence-electron chi connectivity index (χ2n) is 8.44. The monoisotopic (exact) mass is 515 g/mol. The van der Waals surface area contributed by atoms with E-state index in [1.165, 1.54) is 5.39 Å². The highest BCUT2D eigenvalue weighted by molar-refractivity contribution is 14.0. The van der Waals surface area contributed by atoms with E-state index in [0.29, 0.717) is 19.0 Å². The number of aliphatic imine (C=N–C) groups is 1. The molecule has 0 aliphatic rings. The number of carbonyl (C=O) groups excluding carboxylic acids is 1. The number of aromatic amines is 1. The van der Waals surface area contributed by atoms with Crippen LogP contribution >= 0.6 is 24.0 Å². The van der Waals surface area contributed by atoms with Crippen LogP contribution in [0.5, 0.6) is 0 Å². The molecule has 0 radical (unpaired) electrons. The van der Waals surface area contributed by atoms with E-state index in [0.717, 1.165) is 17.8 Å². The Morgan fingerprint density at radius 1 is 1.14 bits per heavy atom. The number of guanidine groups is 1. The van der Waals surface area contributed by atoms with Crippen molar-refractivity contribution in [2.75, 3.05) is 13.1 Å². The Morgan fingerprint density at radius 3 is 2.45 bits per heavy atom. The van der Waals surface area contributed by atoms with Gasteiger partial charge in [-0.3, -0.25) is 0 Å². The first kappa shape index (κ1) is 25.1. The molecule has 0 bridgehead atoms. The SMILES string of the molecule is CCNC(=NCc1cc2ccccc2[nH]1)NCC(C)(C)NC(=O)OC(C)(C)C.I. The summed E-state index contributed by atoms with van der Waals surface area (Å²) in [5.74, 6) is 0.695. The topological polar surface area (TPSA) is 90.5 Å². The van der Waals surface area contributed by atoms with Crippen LogP contribution in [0.3, 0.4) is 0 Å². The van der Waals surface area contributed by atoms with Gasteiger partial charge in [0.15, 0.2) is 5.96 Å². The summed E-state index contributed by atoms with van der Waals surface area (Å²) in [6.45, 7) is 13.2. The number of hydrogen-bond acceptors (Lipinski definition) is 3. The Bertz CT molecular complexity index is 791. The number of para-hydroxylation sites is 1. The highest BCUT2D eigenvalue weighted by Gasteiger charge is 2.24. The first-order chi connectivity index (χ1) is 13.1. The Hall–Kier alpha value is -1.97. The highest BCUT2D eigenvalue weighted by Crippen LogP contribution is 2.15. The molecule has 29 heavy (non-hydrogen) atoms. The molecule has 0 fully saturated rings. The molecule has 0 aliphatic heterocycles. The van der Waals surface area contributed by atoms with E-state index < -0.39 is 17.2 Å². The molecule has 8 heteroatoms. The average Bonchev–Trinajstić information content (AvgIpc) is 2.98. The van der Waals surface area contributed by atoms with Crippen LogP contribution in [-0.2, 0) is 11.3 Å². The number of carbonyl (C=O) groups is 1. The van der Waals surface area contributed by atoms with Crippen molar-refractivity contribution >= 4 is 46.9 Å². The maximum atomic E-state index is 12.0. The maximum Gasteiger partial charge on any atom is 0.408 e. The summed E-state index contributed by atoms with van der Waals surface area (Å²) in [6, 6.07) is 10.3. The summed E-state index contributed by atoms with van der Waals surface area (Å²) in [5.41, 5.74) is 1.13. The number of halogens is 1. The van der Waals surface area contributed by atoms with Crippen LogP contribution in [0.1, 0.15) is 47.2 Å². The molecule has 1 aromatic carbocycles. The van der Waals surface area contributed by atoms with E-state index in [4.69, 9.17) is 4.74 Å². The van der Waals surface area contributed by atoms with Crippen molar-refractivity contribution in [3.63, 3.8) is 0 Å². The number of ether oxygens (including phenoxy) is 1. The Balaban J connectivity index is 0.00000420. The van der Waals surface area contributed by atoms with Crippen LogP contribution in [0.15, 0.2) is 35.3 Å². The lowest BCUT2D eigenvalue weighted by atomic mass is 10.1. The standard InChI is InChI=1S/C21H33N5O2.HI/c1-7-22-18(23-13-16-12-15-10-8-9-11-17(15)25-16)24-14-21(5,6)26-19(27)28-20(2,3)4;/h8-12,25H,7,13-14H2,1-6H3,(H,26,27)(H2,22,23,24);1H. The Labute approximate surface area is 190 Å². The lowest BCUT2D eigenvalue weighted by Crippen LogP contribution is -2.54. The molecule has 0 spiro atoms. The van der Waals surface area contributed by atoms with E-state index in [-0.39, 0.29) is 24.0 Å².